The van der Waals surface area contributed by atoms with Crippen LogP contribution >= 0.6 is 11.6 Å². The van der Waals surface area contributed by atoms with E-state index >= 15 is 0 Å². The third-order valence-electron chi connectivity index (χ3n) is 5.28. The van der Waals surface area contributed by atoms with Crippen LogP contribution in [0.2, 0.25) is 5.02 Å². The van der Waals surface area contributed by atoms with E-state index in [0.29, 0.717) is 35.2 Å². The highest BCUT2D eigenvalue weighted by Gasteiger charge is 2.33. The maximum Gasteiger partial charge on any atom is 0.258 e. The third kappa shape index (κ3) is 4.15. The summed E-state index contributed by atoms with van der Waals surface area (Å²) in [4.78, 5) is 19.6. The van der Waals surface area contributed by atoms with Crippen LogP contribution in [-0.2, 0) is 6.42 Å². The number of aromatic nitrogens is 1. The van der Waals surface area contributed by atoms with E-state index in [4.69, 9.17) is 20.8 Å². The molecule has 2 aromatic carbocycles. The topological polar surface area (TPSA) is 55.6 Å². The van der Waals surface area contributed by atoms with E-state index in [2.05, 4.69) is 4.98 Å². The number of likely N-dealkylation sites (tertiary alicyclic amines) is 1. The molecule has 2 heterocycles. The molecule has 4 rings (SSSR count). The van der Waals surface area contributed by atoms with Gasteiger partial charge in [-0.3, -0.25) is 4.79 Å². The van der Waals surface area contributed by atoms with E-state index in [0.717, 1.165) is 30.6 Å². The Hall–Kier alpha value is -2.79. The first kappa shape index (κ1) is 19.5. The van der Waals surface area contributed by atoms with E-state index in [1.54, 1.807) is 25.4 Å². The molecule has 0 N–H and O–H groups in total. The highest BCUT2D eigenvalue weighted by molar-refractivity contribution is 6.31. The largest absolute Gasteiger partial charge is 0.496 e. The summed E-state index contributed by atoms with van der Waals surface area (Å²) in [5, 5.41) is 0.705. The van der Waals surface area contributed by atoms with Gasteiger partial charge in [-0.15, -0.1) is 0 Å². The number of hydrogen-bond acceptors (Lipinski definition) is 4. The summed E-state index contributed by atoms with van der Waals surface area (Å²) in [7, 11) is 1.58. The molecule has 0 bridgehead atoms. The summed E-state index contributed by atoms with van der Waals surface area (Å²) in [6.45, 7) is 0.670. The maximum atomic E-state index is 13.3. The number of piperidine rings is 1. The van der Waals surface area contributed by atoms with Crippen molar-refractivity contribution in [3.63, 3.8) is 0 Å². The zero-order chi connectivity index (χ0) is 20.2. The predicted molar refractivity (Wildman–Crippen MR) is 111 cm³/mol. The molecule has 5 nitrogen and oxygen atoms in total. The number of ether oxygens (including phenoxy) is 1. The normalized spacial score (nSPS) is 16.6. The number of rotatable bonds is 5. The molecule has 1 aliphatic rings. The second-order valence-corrected chi connectivity index (χ2v) is 7.55. The van der Waals surface area contributed by atoms with Crippen LogP contribution in [0.3, 0.4) is 0 Å². The molecule has 3 aromatic rings. The summed E-state index contributed by atoms with van der Waals surface area (Å²) in [6, 6.07) is 14.8. The van der Waals surface area contributed by atoms with Crippen molar-refractivity contribution in [3.8, 4) is 5.75 Å². The Morgan fingerprint density at radius 1 is 1.21 bits per heavy atom. The van der Waals surface area contributed by atoms with Crippen molar-refractivity contribution >= 4 is 17.5 Å². The standard InChI is InChI=1S/C23H23ClN2O3/c1-28-21-12-5-3-9-18(21)23(27)26-13-7-6-11-20(26)22-25-15-17(29-22)14-16-8-2-4-10-19(16)24/h2-5,8-10,12,15,20H,6-7,11,13-14H2,1H3. The molecule has 0 spiro atoms. The zero-order valence-electron chi connectivity index (χ0n) is 16.3. The number of nitrogens with zero attached hydrogens (tertiary/aromatic N) is 2. The van der Waals surface area contributed by atoms with Crippen molar-refractivity contribution in [2.75, 3.05) is 13.7 Å². The van der Waals surface area contributed by atoms with E-state index in [9.17, 15) is 4.79 Å². The molecule has 1 fully saturated rings. The number of carbonyl (C=O) groups excluding carboxylic acids is 1. The molecule has 6 heteroatoms. The van der Waals surface area contributed by atoms with Gasteiger partial charge in [0.2, 0.25) is 5.89 Å². The van der Waals surface area contributed by atoms with Crippen molar-refractivity contribution in [1.29, 1.82) is 0 Å². The van der Waals surface area contributed by atoms with Crippen molar-refractivity contribution < 1.29 is 13.9 Å². The first-order valence-electron chi connectivity index (χ1n) is 9.79. The van der Waals surface area contributed by atoms with Gasteiger partial charge < -0.3 is 14.1 Å². The van der Waals surface area contributed by atoms with E-state index in [1.807, 2.05) is 41.3 Å². The lowest BCUT2D eigenvalue weighted by Gasteiger charge is -2.34. The summed E-state index contributed by atoms with van der Waals surface area (Å²) in [6.07, 6.45) is 5.12. The fraction of sp³-hybridized carbons (Fsp3) is 0.304. The number of hydrogen-bond donors (Lipinski definition) is 0. The Morgan fingerprint density at radius 2 is 2.00 bits per heavy atom. The fourth-order valence-corrected chi connectivity index (χ4v) is 4.00. The smallest absolute Gasteiger partial charge is 0.258 e. The Kier molecular flexibility index (Phi) is 5.86. The molecule has 0 saturated carbocycles. The molecule has 1 saturated heterocycles. The highest BCUT2D eigenvalue weighted by atomic mass is 35.5. The van der Waals surface area contributed by atoms with Gasteiger partial charge >= 0.3 is 0 Å². The van der Waals surface area contributed by atoms with Crippen molar-refractivity contribution in [2.45, 2.75) is 31.7 Å². The first-order chi connectivity index (χ1) is 14.2. The number of carbonyl (C=O) groups is 1. The minimum absolute atomic E-state index is 0.0574. The number of oxazole rings is 1. The highest BCUT2D eigenvalue weighted by Crippen LogP contribution is 2.34. The summed E-state index contributed by atoms with van der Waals surface area (Å²) < 4.78 is 11.4. The monoisotopic (exact) mass is 410 g/mol. The quantitative estimate of drug-likeness (QED) is 0.573. The number of methoxy groups -OCH3 is 1. The molecule has 1 amide bonds. The van der Waals surface area contributed by atoms with Crippen LogP contribution in [0.5, 0.6) is 5.75 Å². The van der Waals surface area contributed by atoms with Crippen LogP contribution in [0.15, 0.2) is 59.1 Å². The van der Waals surface area contributed by atoms with Gasteiger partial charge in [-0.2, -0.15) is 0 Å². The molecule has 0 aliphatic carbocycles. The molecule has 1 unspecified atom stereocenters. The molecule has 1 aliphatic heterocycles. The molecular weight excluding hydrogens is 388 g/mol. The van der Waals surface area contributed by atoms with Crippen LogP contribution in [0, 0.1) is 0 Å². The fourth-order valence-electron chi connectivity index (χ4n) is 3.80. The lowest BCUT2D eigenvalue weighted by atomic mass is 10.0. The Balaban J connectivity index is 1.57. The number of para-hydroxylation sites is 1. The van der Waals surface area contributed by atoms with Gasteiger partial charge in [0, 0.05) is 18.0 Å². The van der Waals surface area contributed by atoms with Gasteiger partial charge in [0.25, 0.3) is 5.91 Å². The molecule has 1 aromatic heterocycles. The Morgan fingerprint density at radius 3 is 2.83 bits per heavy atom. The minimum atomic E-state index is -0.179. The van der Waals surface area contributed by atoms with Crippen molar-refractivity contribution in [2.24, 2.45) is 0 Å². The Bertz CT molecular complexity index is 1000. The lowest BCUT2D eigenvalue weighted by molar-refractivity contribution is 0.0566. The maximum absolute atomic E-state index is 13.3. The van der Waals surface area contributed by atoms with Gasteiger partial charge in [0.1, 0.15) is 17.6 Å². The number of benzene rings is 2. The number of amides is 1. The van der Waals surface area contributed by atoms with Gasteiger partial charge in [0.15, 0.2) is 0 Å². The Labute approximate surface area is 175 Å². The summed E-state index contributed by atoms with van der Waals surface area (Å²) >= 11 is 6.26. The second kappa shape index (κ2) is 8.70. The molecule has 1 atom stereocenters. The second-order valence-electron chi connectivity index (χ2n) is 7.14. The van der Waals surface area contributed by atoms with Crippen molar-refractivity contribution in [3.05, 3.63) is 82.5 Å². The van der Waals surface area contributed by atoms with E-state index < -0.39 is 0 Å². The average molecular weight is 411 g/mol. The zero-order valence-corrected chi connectivity index (χ0v) is 17.1. The third-order valence-corrected chi connectivity index (χ3v) is 5.65. The molecule has 150 valence electrons. The predicted octanol–water partition coefficient (Wildman–Crippen LogP) is 5.29. The van der Waals surface area contributed by atoms with Crippen LogP contribution < -0.4 is 4.74 Å². The number of halogens is 1. The van der Waals surface area contributed by atoms with Crippen LogP contribution in [-0.4, -0.2) is 29.4 Å². The van der Waals surface area contributed by atoms with Gasteiger partial charge in [-0.25, -0.2) is 4.98 Å². The average Bonchev–Trinajstić information content (AvgIpc) is 3.23. The summed E-state index contributed by atoms with van der Waals surface area (Å²) in [5.41, 5.74) is 1.55. The molecular formula is C23H23ClN2O3. The van der Waals surface area contributed by atoms with Crippen LogP contribution in [0.25, 0.3) is 0 Å². The van der Waals surface area contributed by atoms with Crippen LogP contribution in [0.4, 0.5) is 0 Å². The molecule has 0 radical (unpaired) electrons. The first-order valence-corrected chi connectivity index (χ1v) is 10.2. The van der Waals surface area contributed by atoms with E-state index in [1.165, 1.54) is 0 Å². The summed E-state index contributed by atoms with van der Waals surface area (Å²) in [5.74, 6) is 1.84. The van der Waals surface area contributed by atoms with Crippen LogP contribution in [0.1, 0.15) is 52.9 Å². The minimum Gasteiger partial charge on any atom is -0.496 e. The molecule has 29 heavy (non-hydrogen) atoms. The van der Waals surface area contributed by atoms with Gasteiger partial charge in [-0.05, 0) is 43.0 Å². The lowest BCUT2D eigenvalue weighted by Crippen LogP contribution is -2.38. The van der Waals surface area contributed by atoms with Crippen molar-refractivity contribution in [1.82, 2.24) is 9.88 Å². The van der Waals surface area contributed by atoms with Gasteiger partial charge in [0.05, 0.1) is 18.9 Å². The SMILES string of the molecule is COc1ccccc1C(=O)N1CCCCC1c1ncc(Cc2ccccc2Cl)o1. The van der Waals surface area contributed by atoms with E-state index in [-0.39, 0.29) is 11.9 Å². The van der Waals surface area contributed by atoms with Gasteiger partial charge in [-0.1, -0.05) is 41.9 Å².